The van der Waals surface area contributed by atoms with Gasteiger partial charge in [0.1, 0.15) is 0 Å². The van der Waals surface area contributed by atoms with Crippen LogP contribution >= 0.6 is 10.2 Å². The Bertz CT molecular complexity index is 51.5. The molecule has 4 heteroatoms. The van der Waals surface area contributed by atoms with Crippen molar-refractivity contribution in [2.75, 3.05) is 6.54 Å². The molecule has 0 bridgehead atoms. The maximum atomic E-state index is 9.90. The third-order valence-electron chi connectivity index (χ3n) is 0.215. The molecule has 0 aromatic carbocycles. The number of halogens is 1. The quantitative estimate of drug-likeness (QED) is 0.552. The molecule has 40 valence electrons. The van der Waals surface area contributed by atoms with E-state index < -0.39 is 0 Å². The minimum atomic E-state index is -0.177. The predicted molar refractivity (Wildman–Crippen MR) is 19.9 cm³/mol. The average molecular weight is 152 g/mol. The summed E-state index contributed by atoms with van der Waals surface area (Å²) in [5.74, 6) is 0. The Morgan fingerprint density at radius 2 is 2.50 bits per heavy atom. The zero-order valence-electron chi connectivity index (χ0n) is 2.89. The molecule has 0 rings (SSSR count). The van der Waals surface area contributed by atoms with Crippen molar-refractivity contribution in [1.82, 2.24) is 0 Å². The van der Waals surface area contributed by atoms with Crippen molar-refractivity contribution in [3.63, 3.8) is 0 Å². The average Bonchev–Trinajstić information content (AvgIpc) is 1.65. The van der Waals surface area contributed by atoms with Crippen LogP contribution in [0, 0.1) is 0 Å². The van der Waals surface area contributed by atoms with E-state index >= 15 is 0 Å². The van der Waals surface area contributed by atoms with Gasteiger partial charge in [-0.15, -0.1) is 0 Å². The summed E-state index contributed by atoms with van der Waals surface area (Å²) < 4.78 is -0.177. The molecular weight excluding hydrogens is 148 g/mol. The zero-order chi connectivity index (χ0) is 4.99. The molecule has 0 saturated carbocycles. The molecule has 0 aliphatic carbocycles. The van der Waals surface area contributed by atoms with Crippen LogP contribution in [0.2, 0.25) is 0 Å². The summed E-state index contributed by atoms with van der Waals surface area (Å²) in [6, 6.07) is 0. The van der Waals surface area contributed by atoms with E-state index in [1.807, 2.05) is 0 Å². The molecule has 2 nitrogen and oxygen atoms in total. The molecule has 2 N–H and O–H groups in total. The van der Waals surface area contributed by atoms with Crippen LogP contribution in [-0.2, 0) is 18.3 Å². The summed E-state index contributed by atoms with van der Waals surface area (Å²) in [4.78, 5) is 9.90. The Balaban J connectivity index is 2.99. The topological polar surface area (TPSA) is 43.1 Å². The van der Waals surface area contributed by atoms with E-state index in [1.54, 1.807) is 0 Å². The van der Waals surface area contributed by atoms with Crippen molar-refractivity contribution in [2.45, 2.75) is 0 Å². The van der Waals surface area contributed by atoms with E-state index in [-0.39, 0.29) is 11.3 Å². The molecule has 0 spiro atoms. The number of carbonyl (C=O) groups is 1. The predicted octanol–water partition coefficient (Wildman–Crippen LogP) is -0.292. The standard InChI is InChI=1S/C2H4NO.ClH.Ni/c3-1-2-4;;/h1,3H2;1H;/q;;+1/p-1. The first kappa shape index (κ1) is 6.41. The summed E-state index contributed by atoms with van der Waals surface area (Å²) in [7, 11) is 4.96. The molecule has 0 atom stereocenters. The van der Waals surface area contributed by atoms with Gasteiger partial charge in [0.2, 0.25) is 0 Å². The van der Waals surface area contributed by atoms with Crippen LogP contribution in [0.25, 0.3) is 0 Å². The normalized spacial score (nSPS) is 9.00. The van der Waals surface area contributed by atoms with E-state index in [1.165, 1.54) is 0 Å². The first-order valence-electron chi connectivity index (χ1n) is 1.24. The Morgan fingerprint density at radius 3 is 2.50 bits per heavy atom. The van der Waals surface area contributed by atoms with Crippen LogP contribution in [0.4, 0.5) is 0 Å². The van der Waals surface area contributed by atoms with E-state index in [2.05, 4.69) is 0 Å². The van der Waals surface area contributed by atoms with E-state index in [9.17, 15) is 4.79 Å². The van der Waals surface area contributed by atoms with E-state index in [0.717, 1.165) is 0 Å². The molecule has 0 fully saturated rings. The van der Waals surface area contributed by atoms with Crippen molar-refractivity contribution in [1.29, 1.82) is 0 Å². The van der Waals surface area contributed by atoms with Gasteiger partial charge >= 0.3 is 45.6 Å². The van der Waals surface area contributed by atoms with Gasteiger partial charge in [0.25, 0.3) is 0 Å². The Hall–Kier alpha value is 0.414. The summed E-state index contributed by atoms with van der Waals surface area (Å²) in [6.07, 6.45) is 0. The second kappa shape index (κ2) is 3.60. The monoisotopic (exact) mass is 151 g/mol. The fourth-order valence-corrected chi connectivity index (χ4v) is 0.302. The van der Waals surface area contributed by atoms with Gasteiger partial charge in [-0.05, 0) is 0 Å². The number of hydrogen-bond donors (Lipinski definition) is 1. The first-order chi connectivity index (χ1) is 2.81. The second-order valence-electron chi connectivity index (χ2n) is 0.585. The van der Waals surface area contributed by atoms with Crippen molar-refractivity contribution in [3.8, 4) is 0 Å². The third kappa shape index (κ3) is 2.64. The Morgan fingerprint density at radius 1 is 2.00 bits per heavy atom. The second-order valence-corrected chi connectivity index (χ2v) is 1.81. The Labute approximate surface area is 46.1 Å². The molecule has 0 unspecified atom stereocenters. The van der Waals surface area contributed by atoms with Crippen LogP contribution < -0.4 is 5.73 Å². The molecule has 0 saturated heterocycles. The van der Waals surface area contributed by atoms with Gasteiger partial charge < -0.3 is 0 Å². The summed E-state index contributed by atoms with van der Waals surface area (Å²) in [5.41, 5.74) is 4.83. The van der Waals surface area contributed by atoms with Gasteiger partial charge in [-0.3, -0.25) is 0 Å². The van der Waals surface area contributed by atoms with Crippen molar-refractivity contribution in [3.05, 3.63) is 0 Å². The molecule has 0 aromatic heterocycles. The van der Waals surface area contributed by atoms with E-state index in [0.29, 0.717) is 13.5 Å². The van der Waals surface area contributed by atoms with Crippen LogP contribution in [0.1, 0.15) is 0 Å². The first-order valence-corrected chi connectivity index (χ1v) is 3.10. The summed E-state index contributed by atoms with van der Waals surface area (Å²) in [6.45, 7) is 0.0312. The van der Waals surface area contributed by atoms with Gasteiger partial charge in [0.05, 0.1) is 0 Å². The number of nitrogens with two attached hydrogens (primary N) is 1. The molecule has 0 heterocycles. The van der Waals surface area contributed by atoms with Crippen molar-refractivity contribution >= 4 is 14.9 Å². The number of hydrogen-bond acceptors (Lipinski definition) is 2. The van der Waals surface area contributed by atoms with Crippen molar-refractivity contribution < 1.29 is 18.3 Å². The van der Waals surface area contributed by atoms with Gasteiger partial charge in [-0.2, -0.15) is 0 Å². The molecule has 0 aromatic rings. The van der Waals surface area contributed by atoms with Crippen molar-refractivity contribution in [2.24, 2.45) is 5.73 Å². The van der Waals surface area contributed by atoms with Gasteiger partial charge in [0, 0.05) is 0 Å². The SMILES string of the molecule is NC[C](=O)[Ni][Cl]. The van der Waals surface area contributed by atoms with Gasteiger partial charge in [0.15, 0.2) is 0 Å². The molecule has 0 radical (unpaired) electrons. The third-order valence-corrected chi connectivity index (χ3v) is 1.17. The van der Waals surface area contributed by atoms with Crippen LogP contribution in [0.3, 0.4) is 0 Å². The maximum absolute atomic E-state index is 9.90. The fourth-order valence-electron chi connectivity index (χ4n) is 0.0244. The number of rotatable bonds is 2. The summed E-state index contributed by atoms with van der Waals surface area (Å²) in [5, 5.41) is 0. The fraction of sp³-hybridized carbons (Fsp3) is 0.500. The zero-order valence-corrected chi connectivity index (χ0v) is 4.63. The van der Waals surface area contributed by atoms with Gasteiger partial charge in [-0.1, -0.05) is 0 Å². The van der Waals surface area contributed by atoms with Crippen LogP contribution in [-0.4, -0.2) is 11.3 Å². The Kier molecular flexibility index (Phi) is 3.85. The van der Waals surface area contributed by atoms with Gasteiger partial charge in [-0.25, -0.2) is 0 Å². The number of carbonyl (C=O) groups excluding carboxylic acids is 1. The van der Waals surface area contributed by atoms with E-state index in [4.69, 9.17) is 15.9 Å². The molecule has 0 aliphatic heterocycles. The minimum absolute atomic E-state index is 0.0312. The van der Waals surface area contributed by atoms with Crippen LogP contribution in [0.5, 0.6) is 0 Å². The molecule has 0 amide bonds. The molecule has 0 aliphatic rings. The molecule has 6 heavy (non-hydrogen) atoms. The van der Waals surface area contributed by atoms with Crippen LogP contribution in [0.15, 0.2) is 0 Å². The summed E-state index contributed by atoms with van der Waals surface area (Å²) >= 11 is 0.484. The molecular formula is C2H4ClNNiO.